The van der Waals surface area contributed by atoms with Crippen LogP contribution in [0.15, 0.2) is 12.7 Å². The molecule has 0 bridgehead atoms. The van der Waals surface area contributed by atoms with E-state index in [0.717, 1.165) is 22.8 Å². The largest absolute Gasteiger partial charge is 0.496 e. The molecule has 1 aromatic carbocycles. The Morgan fingerprint density at radius 3 is 1.89 bits per heavy atom. The smallest absolute Gasteiger partial charge is 0.335 e. The van der Waals surface area contributed by atoms with Crippen molar-refractivity contribution < 1.29 is 19.0 Å². The van der Waals surface area contributed by atoms with Crippen LogP contribution in [0.2, 0.25) is 0 Å². The van der Waals surface area contributed by atoms with Gasteiger partial charge in [-0.15, -0.1) is 0 Å². The third-order valence-electron chi connectivity index (χ3n) is 2.91. The quantitative estimate of drug-likeness (QED) is 0.468. The summed E-state index contributed by atoms with van der Waals surface area (Å²) in [6.45, 7) is 9.02. The van der Waals surface area contributed by atoms with E-state index >= 15 is 0 Å². The highest BCUT2D eigenvalue weighted by molar-refractivity contribution is 5.84. The molecule has 0 amide bonds. The zero-order valence-electron chi connectivity index (χ0n) is 11.4. The fourth-order valence-corrected chi connectivity index (χ4v) is 1.88. The van der Waals surface area contributed by atoms with E-state index in [0.29, 0.717) is 17.2 Å². The maximum Gasteiger partial charge on any atom is 0.335 e. The van der Waals surface area contributed by atoms with Crippen molar-refractivity contribution in [2.75, 3.05) is 14.2 Å². The lowest BCUT2D eigenvalue weighted by Crippen LogP contribution is -2.08. The van der Waals surface area contributed by atoms with Gasteiger partial charge >= 0.3 is 5.97 Å². The molecule has 0 aliphatic rings. The Morgan fingerprint density at radius 1 is 0.944 bits per heavy atom. The number of hydrogen-bond acceptors (Lipinski definition) is 4. The van der Waals surface area contributed by atoms with Gasteiger partial charge in [0.25, 0.3) is 0 Å². The number of rotatable bonds is 4. The summed E-state index contributed by atoms with van der Waals surface area (Å²) in [6, 6.07) is 0. The van der Waals surface area contributed by atoms with Crippen molar-refractivity contribution >= 4 is 5.97 Å². The first-order chi connectivity index (χ1) is 8.47. The van der Waals surface area contributed by atoms with E-state index in [4.69, 9.17) is 14.2 Å². The van der Waals surface area contributed by atoms with Gasteiger partial charge in [-0.05, 0) is 26.3 Å². The van der Waals surface area contributed by atoms with Crippen molar-refractivity contribution in [3.05, 3.63) is 29.3 Å². The summed E-state index contributed by atoms with van der Waals surface area (Å²) in [4.78, 5) is 11.4. The van der Waals surface area contributed by atoms with E-state index in [9.17, 15) is 4.79 Å². The molecule has 0 aromatic heterocycles. The standard InChI is InChI=1S/C14H18O4/c1-7-11(15)18-14-10(4)12(16-5)8(2)9(3)13(14)17-6/h7H,1H2,2-6H3. The van der Waals surface area contributed by atoms with Crippen molar-refractivity contribution in [3.8, 4) is 17.2 Å². The summed E-state index contributed by atoms with van der Waals surface area (Å²) in [5, 5.41) is 0. The van der Waals surface area contributed by atoms with E-state index in [2.05, 4.69) is 6.58 Å². The average molecular weight is 250 g/mol. The van der Waals surface area contributed by atoms with Crippen molar-refractivity contribution in [3.63, 3.8) is 0 Å². The van der Waals surface area contributed by atoms with Gasteiger partial charge in [0.1, 0.15) is 5.75 Å². The second-order valence-electron chi connectivity index (χ2n) is 3.90. The maximum atomic E-state index is 11.4. The number of benzene rings is 1. The fourth-order valence-electron chi connectivity index (χ4n) is 1.88. The van der Waals surface area contributed by atoms with E-state index in [-0.39, 0.29) is 0 Å². The summed E-state index contributed by atoms with van der Waals surface area (Å²) in [6.07, 6.45) is 1.11. The lowest BCUT2D eigenvalue weighted by Gasteiger charge is -2.19. The summed E-state index contributed by atoms with van der Waals surface area (Å²) < 4.78 is 15.9. The Bertz CT molecular complexity index is 489. The molecular weight excluding hydrogens is 232 g/mol. The average Bonchev–Trinajstić information content (AvgIpc) is 2.36. The summed E-state index contributed by atoms with van der Waals surface area (Å²) >= 11 is 0. The molecule has 0 saturated carbocycles. The van der Waals surface area contributed by atoms with Crippen LogP contribution in [-0.4, -0.2) is 20.2 Å². The molecular formula is C14H18O4. The van der Waals surface area contributed by atoms with Crippen LogP contribution < -0.4 is 14.2 Å². The second kappa shape index (κ2) is 5.58. The molecule has 0 saturated heterocycles. The van der Waals surface area contributed by atoms with E-state index < -0.39 is 5.97 Å². The van der Waals surface area contributed by atoms with E-state index in [1.54, 1.807) is 14.2 Å². The van der Waals surface area contributed by atoms with Gasteiger partial charge in [-0.2, -0.15) is 0 Å². The summed E-state index contributed by atoms with van der Waals surface area (Å²) in [5.74, 6) is 1.09. The molecule has 0 fully saturated rings. The van der Waals surface area contributed by atoms with Crippen LogP contribution >= 0.6 is 0 Å². The van der Waals surface area contributed by atoms with Crippen LogP contribution in [0, 0.1) is 20.8 Å². The highest BCUT2D eigenvalue weighted by atomic mass is 16.6. The third-order valence-corrected chi connectivity index (χ3v) is 2.91. The number of carbonyl (C=O) groups is 1. The normalized spacial score (nSPS) is 9.83. The van der Waals surface area contributed by atoms with Gasteiger partial charge in [0.2, 0.25) is 0 Å². The fraction of sp³-hybridized carbons (Fsp3) is 0.357. The van der Waals surface area contributed by atoms with Gasteiger partial charge in [-0.3, -0.25) is 0 Å². The molecule has 0 heterocycles. The van der Waals surface area contributed by atoms with Crippen LogP contribution in [0.1, 0.15) is 16.7 Å². The second-order valence-corrected chi connectivity index (χ2v) is 3.90. The molecule has 18 heavy (non-hydrogen) atoms. The Hall–Kier alpha value is -1.97. The summed E-state index contributed by atoms with van der Waals surface area (Å²) in [7, 11) is 3.12. The van der Waals surface area contributed by atoms with Gasteiger partial charge in [0.15, 0.2) is 11.5 Å². The number of ether oxygens (including phenoxy) is 3. The van der Waals surface area contributed by atoms with Gasteiger partial charge in [0.05, 0.1) is 14.2 Å². The zero-order valence-corrected chi connectivity index (χ0v) is 11.4. The molecule has 0 atom stereocenters. The number of carbonyl (C=O) groups excluding carboxylic acids is 1. The Morgan fingerprint density at radius 2 is 1.44 bits per heavy atom. The molecule has 0 radical (unpaired) electrons. The van der Waals surface area contributed by atoms with Crippen molar-refractivity contribution in [1.82, 2.24) is 0 Å². The Balaban J connectivity index is 3.51. The monoisotopic (exact) mass is 250 g/mol. The third kappa shape index (κ3) is 2.32. The number of esters is 1. The molecule has 0 N–H and O–H groups in total. The lowest BCUT2D eigenvalue weighted by molar-refractivity contribution is -0.129. The number of methoxy groups -OCH3 is 2. The molecule has 4 nitrogen and oxygen atoms in total. The number of hydrogen-bond donors (Lipinski definition) is 0. The Labute approximate surface area is 107 Å². The molecule has 98 valence electrons. The SMILES string of the molecule is C=CC(=O)Oc1c(C)c(OC)c(C)c(C)c1OC. The lowest BCUT2D eigenvalue weighted by atomic mass is 10.0. The molecule has 0 spiro atoms. The first-order valence-electron chi connectivity index (χ1n) is 5.53. The first kappa shape index (κ1) is 14.1. The summed E-state index contributed by atoms with van der Waals surface area (Å²) in [5.41, 5.74) is 2.57. The molecule has 1 aromatic rings. The van der Waals surface area contributed by atoms with Crippen LogP contribution in [0.5, 0.6) is 17.2 Å². The molecule has 0 aliphatic heterocycles. The van der Waals surface area contributed by atoms with Gasteiger partial charge in [0, 0.05) is 17.2 Å². The maximum absolute atomic E-state index is 11.4. The van der Waals surface area contributed by atoms with E-state index in [1.807, 2.05) is 20.8 Å². The minimum atomic E-state index is -0.526. The van der Waals surface area contributed by atoms with Gasteiger partial charge in [-0.1, -0.05) is 6.58 Å². The molecule has 0 unspecified atom stereocenters. The molecule has 0 aliphatic carbocycles. The van der Waals surface area contributed by atoms with Crippen molar-refractivity contribution in [2.45, 2.75) is 20.8 Å². The van der Waals surface area contributed by atoms with Crippen LogP contribution in [0.4, 0.5) is 0 Å². The zero-order chi connectivity index (χ0) is 13.9. The molecule has 4 heteroatoms. The van der Waals surface area contributed by atoms with Crippen LogP contribution in [-0.2, 0) is 4.79 Å². The molecule has 1 rings (SSSR count). The predicted octanol–water partition coefficient (Wildman–Crippen LogP) is 2.72. The minimum Gasteiger partial charge on any atom is -0.496 e. The first-order valence-corrected chi connectivity index (χ1v) is 5.53. The van der Waals surface area contributed by atoms with Crippen molar-refractivity contribution in [1.29, 1.82) is 0 Å². The minimum absolute atomic E-state index is 0.377. The van der Waals surface area contributed by atoms with Crippen molar-refractivity contribution in [2.24, 2.45) is 0 Å². The predicted molar refractivity (Wildman–Crippen MR) is 69.6 cm³/mol. The Kier molecular flexibility index (Phi) is 4.37. The van der Waals surface area contributed by atoms with Gasteiger partial charge in [-0.25, -0.2) is 4.79 Å². The van der Waals surface area contributed by atoms with E-state index in [1.165, 1.54) is 0 Å². The van der Waals surface area contributed by atoms with Gasteiger partial charge < -0.3 is 14.2 Å². The van der Waals surface area contributed by atoms with Crippen LogP contribution in [0.25, 0.3) is 0 Å². The van der Waals surface area contributed by atoms with Crippen LogP contribution in [0.3, 0.4) is 0 Å². The highest BCUT2D eigenvalue weighted by Crippen LogP contribution is 2.43. The topological polar surface area (TPSA) is 44.8 Å². The highest BCUT2D eigenvalue weighted by Gasteiger charge is 2.21.